The van der Waals surface area contributed by atoms with Gasteiger partial charge in [0.05, 0.1) is 49.6 Å². The van der Waals surface area contributed by atoms with Gasteiger partial charge in [0.25, 0.3) is 11.5 Å². The van der Waals surface area contributed by atoms with Crippen LogP contribution in [0.5, 0.6) is 0 Å². The molecule has 0 radical (unpaired) electrons. The van der Waals surface area contributed by atoms with E-state index in [-0.39, 0.29) is 11.3 Å². The molecule has 14 nitrogen and oxygen atoms in total. The summed E-state index contributed by atoms with van der Waals surface area (Å²) in [6.07, 6.45) is 2.93. The Hall–Kier alpha value is -5.51. The molecule has 0 saturated carbocycles. The van der Waals surface area contributed by atoms with Crippen molar-refractivity contribution in [2.75, 3.05) is 25.5 Å². The van der Waals surface area contributed by atoms with Crippen LogP contribution in [0.2, 0.25) is 5.02 Å². The number of hydrogen-bond acceptors (Lipinski definition) is 9. The van der Waals surface area contributed by atoms with Gasteiger partial charge in [-0.05, 0) is 58.5 Å². The number of likely N-dealkylation sites (tertiary alicyclic amines) is 1. The third kappa shape index (κ3) is 7.53. The summed E-state index contributed by atoms with van der Waals surface area (Å²) in [5, 5.41) is 23.0. The second-order valence-corrected chi connectivity index (χ2v) is 10.3. The first kappa shape index (κ1) is 30.9. The standard InChI is InChI=1S/C28H24ClF2N9O5/c1-45-27(44)33-19-6-2-16(3-7-19)20-11-22(35-36-26(20)43)21(12-25(42)39-13-28(30,31)14-39)34-24(41)9-4-17-10-18(29)5-8-23(17)40-15-32-37-38-40/h2-11,15,21H,12-14H2,1H3,(H,33,44)(H,34,41)(H,36,43)/b9-4+. The van der Waals surface area contributed by atoms with E-state index in [2.05, 4.69) is 41.1 Å². The van der Waals surface area contributed by atoms with Crippen LogP contribution in [-0.4, -0.2) is 79.3 Å². The Morgan fingerprint density at radius 1 is 1.16 bits per heavy atom. The Morgan fingerprint density at radius 3 is 2.58 bits per heavy atom. The molecule has 1 saturated heterocycles. The van der Waals surface area contributed by atoms with Crippen LogP contribution in [0.15, 0.2) is 65.7 Å². The number of aromatic amines is 1. The molecule has 5 rings (SSSR count). The molecular formula is C28H24ClF2N9O5. The molecule has 1 aliphatic rings. The van der Waals surface area contributed by atoms with Crippen LogP contribution >= 0.6 is 11.6 Å². The van der Waals surface area contributed by atoms with E-state index in [1.807, 2.05) is 0 Å². The lowest BCUT2D eigenvalue weighted by Crippen LogP contribution is -2.58. The van der Waals surface area contributed by atoms with Crippen molar-refractivity contribution in [3.8, 4) is 16.8 Å². The van der Waals surface area contributed by atoms with E-state index in [1.54, 1.807) is 42.5 Å². The molecule has 4 aromatic rings. The summed E-state index contributed by atoms with van der Waals surface area (Å²) in [4.78, 5) is 51.2. The number of benzene rings is 2. The number of nitrogens with zero attached hydrogens (tertiary/aromatic N) is 6. The van der Waals surface area contributed by atoms with Gasteiger partial charge in [-0.2, -0.15) is 9.78 Å². The molecule has 1 atom stereocenters. The summed E-state index contributed by atoms with van der Waals surface area (Å²) in [7, 11) is 1.22. The van der Waals surface area contributed by atoms with Crippen molar-refractivity contribution in [2.45, 2.75) is 18.4 Å². The van der Waals surface area contributed by atoms with Crippen molar-refractivity contribution in [2.24, 2.45) is 0 Å². The van der Waals surface area contributed by atoms with E-state index in [0.29, 0.717) is 27.5 Å². The maximum absolute atomic E-state index is 13.5. The Labute approximate surface area is 258 Å². The third-order valence-corrected chi connectivity index (χ3v) is 6.94. The predicted molar refractivity (Wildman–Crippen MR) is 157 cm³/mol. The maximum Gasteiger partial charge on any atom is 0.411 e. The number of rotatable bonds is 9. The zero-order chi connectivity index (χ0) is 32.1. The summed E-state index contributed by atoms with van der Waals surface area (Å²) >= 11 is 6.15. The topological polar surface area (TPSA) is 177 Å². The fourth-order valence-electron chi connectivity index (χ4n) is 4.46. The Kier molecular flexibility index (Phi) is 8.94. The zero-order valence-electron chi connectivity index (χ0n) is 23.4. The van der Waals surface area contributed by atoms with Gasteiger partial charge in [-0.3, -0.25) is 19.7 Å². The van der Waals surface area contributed by atoms with Crippen molar-refractivity contribution < 1.29 is 27.9 Å². The number of tetrazole rings is 1. The minimum atomic E-state index is -2.98. The molecule has 3 N–H and O–H groups in total. The normalized spacial score (nSPS) is 14.4. The van der Waals surface area contributed by atoms with Gasteiger partial charge in [-0.15, -0.1) is 5.10 Å². The van der Waals surface area contributed by atoms with Crippen LogP contribution in [0, 0.1) is 0 Å². The van der Waals surface area contributed by atoms with Gasteiger partial charge < -0.3 is 15.0 Å². The molecule has 3 amide bonds. The lowest BCUT2D eigenvalue weighted by Gasteiger charge is -2.39. The summed E-state index contributed by atoms with van der Waals surface area (Å²) in [6.45, 7) is -1.48. The maximum atomic E-state index is 13.5. The van der Waals surface area contributed by atoms with Gasteiger partial charge >= 0.3 is 6.09 Å². The summed E-state index contributed by atoms with van der Waals surface area (Å²) in [5.74, 6) is -4.28. The zero-order valence-corrected chi connectivity index (χ0v) is 24.2. The average Bonchev–Trinajstić information content (AvgIpc) is 3.54. The molecule has 0 bridgehead atoms. The molecule has 2 aromatic carbocycles. The van der Waals surface area contributed by atoms with Crippen LogP contribution in [0.4, 0.5) is 19.3 Å². The fourth-order valence-corrected chi connectivity index (χ4v) is 4.64. The van der Waals surface area contributed by atoms with Crippen LogP contribution < -0.4 is 16.2 Å². The number of aromatic nitrogens is 6. The van der Waals surface area contributed by atoms with Crippen LogP contribution in [0.3, 0.4) is 0 Å². The van der Waals surface area contributed by atoms with Gasteiger partial charge in [0.15, 0.2) is 0 Å². The number of H-pyrrole nitrogens is 1. The van der Waals surface area contributed by atoms with Crippen molar-refractivity contribution in [1.82, 2.24) is 40.6 Å². The highest BCUT2D eigenvalue weighted by Crippen LogP contribution is 2.29. The molecule has 1 unspecified atom stereocenters. The Morgan fingerprint density at radius 2 is 1.91 bits per heavy atom. The molecule has 3 heterocycles. The first-order valence-corrected chi connectivity index (χ1v) is 13.6. The number of amides is 3. The smallest absolute Gasteiger partial charge is 0.411 e. The highest BCUT2D eigenvalue weighted by atomic mass is 35.5. The van der Waals surface area contributed by atoms with E-state index in [1.165, 1.54) is 36.3 Å². The van der Waals surface area contributed by atoms with Crippen molar-refractivity contribution in [3.05, 3.63) is 87.6 Å². The van der Waals surface area contributed by atoms with E-state index < -0.39 is 54.9 Å². The number of ether oxygens (including phenoxy) is 1. The third-order valence-electron chi connectivity index (χ3n) is 6.70. The number of alkyl halides is 2. The first-order chi connectivity index (χ1) is 21.5. The van der Waals surface area contributed by atoms with E-state index in [0.717, 1.165) is 4.90 Å². The molecular weight excluding hydrogens is 616 g/mol. The van der Waals surface area contributed by atoms with E-state index >= 15 is 0 Å². The molecule has 0 aliphatic carbocycles. The molecule has 232 valence electrons. The van der Waals surface area contributed by atoms with E-state index in [4.69, 9.17) is 11.6 Å². The second kappa shape index (κ2) is 13.0. The predicted octanol–water partition coefficient (Wildman–Crippen LogP) is 2.98. The lowest BCUT2D eigenvalue weighted by atomic mass is 10.0. The minimum absolute atomic E-state index is 0.0980. The van der Waals surface area contributed by atoms with Crippen molar-refractivity contribution in [1.29, 1.82) is 0 Å². The van der Waals surface area contributed by atoms with Crippen molar-refractivity contribution in [3.63, 3.8) is 0 Å². The van der Waals surface area contributed by atoms with Crippen LogP contribution in [0.1, 0.15) is 23.7 Å². The average molecular weight is 640 g/mol. The Balaban J connectivity index is 1.41. The number of halogens is 3. The van der Waals surface area contributed by atoms with Gasteiger partial charge in [0.2, 0.25) is 11.8 Å². The molecule has 2 aromatic heterocycles. The van der Waals surface area contributed by atoms with Gasteiger partial charge in [-0.25, -0.2) is 18.7 Å². The first-order valence-electron chi connectivity index (χ1n) is 13.2. The Bertz CT molecular complexity index is 1810. The minimum Gasteiger partial charge on any atom is -0.453 e. The SMILES string of the molecule is COC(=O)Nc1ccc(-c2cc(C(CC(=O)N3CC(F)(F)C3)NC(=O)/C=C/c3cc(Cl)ccc3-n3cnnn3)n[nH]c2=O)cc1. The molecule has 0 spiro atoms. The quantitative estimate of drug-likeness (QED) is 0.232. The van der Waals surface area contributed by atoms with Gasteiger partial charge in [0.1, 0.15) is 6.33 Å². The fraction of sp³-hybridized carbons (Fsp3) is 0.214. The summed E-state index contributed by atoms with van der Waals surface area (Å²) in [5.41, 5.74) is 1.54. The monoisotopic (exact) mass is 639 g/mol. The number of nitrogens with one attached hydrogen (secondary N) is 3. The summed E-state index contributed by atoms with van der Waals surface area (Å²) < 4.78 is 32.9. The number of anilines is 1. The largest absolute Gasteiger partial charge is 0.453 e. The highest BCUT2D eigenvalue weighted by molar-refractivity contribution is 6.30. The number of carbonyl (C=O) groups is 3. The van der Waals surface area contributed by atoms with Gasteiger partial charge in [-0.1, -0.05) is 23.7 Å². The number of methoxy groups -OCH3 is 1. The van der Waals surface area contributed by atoms with Crippen LogP contribution in [-0.2, 0) is 14.3 Å². The highest BCUT2D eigenvalue weighted by Gasteiger charge is 2.46. The van der Waals surface area contributed by atoms with Crippen molar-refractivity contribution >= 4 is 41.3 Å². The molecule has 1 aliphatic heterocycles. The molecule has 1 fully saturated rings. The van der Waals surface area contributed by atoms with Gasteiger partial charge in [0, 0.05) is 22.3 Å². The molecule has 45 heavy (non-hydrogen) atoms. The van der Waals surface area contributed by atoms with E-state index in [9.17, 15) is 28.0 Å². The lowest BCUT2D eigenvalue weighted by molar-refractivity contribution is -0.166. The number of hydrogen-bond donors (Lipinski definition) is 3. The van der Waals surface area contributed by atoms with Crippen LogP contribution in [0.25, 0.3) is 22.9 Å². The molecule has 17 heteroatoms. The summed E-state index contributed by atoms with van der Waals surface area (Å²) in [6, 6.07) is 11.4. The number of carbonyl (C=O) groups excluding carboxylic acids is 3. The second-order valence-electron chi connectivity index (χ2n) is 9.89.